The lowest BCUT2D eigenvalue weighted by atomic mass is 10.1. The summed E-state index contributed by atoms with van der Waals surface area (Å²) < 4.78 is 15.0. The highest BCUT2D eigenvalue weighted by molar-refractivity contribution is 6.52. The molecule has 1 amide bonds. The van der Waals surface area contributed by atoms with Gasteiger partial charge in [0.15, 0.2) is 0 Å². The van der Waals surface area contributed by atoms with E-state index < -0.39 is 17.5 Å². The molecule has 1 aromatic carbocycles. The van der Waals surface area contributed by atoms with Crippen molar-refractivity contribution in [3.63, 3.8) is 0 Å². The molecule has 0 saturated carbocycles. The first kappa shape index (κ1) is 12.5. The Morgan fingerprint density at radius 1 is 1.30 bits per heavy atom. The summed E-state index contributed by atoms with van der Waals surface area (Å²) in [6, 6.07) is 3.77. The maximum absolute atomic E-state index is 13.3. The quantitative estimate of drug-likeness (QED) is 0.793. The molecule has 3 rings (SSSR count). The Bertz CT molecular complexity index is 708. The predicted octanol–water partition coefficient (Wildman–Crippen LogP) is 1.33. The molecule has 102 valence electrons. The topological polar surface area (TPSA) is 55.2 Å². The molecule has 5 nitrogen and oxygen atoms in total. The average molecular weight is 273 g/mol. The first-order chi connectivity index (χ1) is 9.56. The van der Waals surface area contributed by atoms with Crippen molar-refractivity contribution in [1.29, 1.82) is 0 Å². The number of Topliss-reactive ketones (excluding diaryl/α,β-unsaturated/α-hetero) is 1. The summed E-state index contributed by atoms with van der Waals surface area (Å²) in [5.74, 6) is -1.64. The minimum absolute atomic E-state index is 0.266. The van der Waals surface area contributed by atoms with Gasteiger partial charge < -0.3 is 4.90 Å². The largest absolute Gasteiger partial charge is 0.304 e. The van der Waals surface area contributed by atoms with Gasteiger partial charge in [0.1, 0.15) is 5.82 Å². The molecular weight excluding hydrogens is 261 g/mol. The molecule has 1 aromatic heterocycles. The van der Waals surface area contributed by atoms with Gasteiger partial charge in [-0.15, -0.1) is 0 Å². The van der Waals surface area contributed by atoms with Crippen molar-refractivity contribution in [2.45, 2.75) is 6.42 Å². The van der Waals surface area contributed by atoms with Crippen molar-refractivity contribution in [3.8, 4) is 0 Å². The molecule has 0 unspecified atom stereocenters. The van der Waals surface area contributed by atoms with E-state index in [1.165, 1.54) is 23.1 Å². The van der Waals surface area contributed by atoms with Crippen LogP contribution in [0.3, 0.4) is 0 Å². The number of fused-ring (bicyclic) bond motifs is 1. The first-order valence-corrected chi connectivity index (χ1v) is 6.19. The zero-order chi connectivity index (χ0) is 14.3. The minimum Gasteiger partial charge on any atom is -0.304 e. The van der Waals surface area contributed by atoms with Gasteiger partial charge in [0.05, 0.1) is 17.4 Å². The zero-order valence-corrected chi connectivity index (χ0v) is 10.8. The molecule has 1 aliphatic heterocycles. The Morgan fingerprint density at radius 2 is 2.10 bits per heavy atom. The van der Waals surface area contributed by atoms with Gasteiger partial charge in [-0.1, -0.05) is 0 Å². The molecule has 6 heteroatoms. The Morgan fingerprint density at radius 3 is 2.80 bits per heavy atom. The second kappa shape index (κ2) is 4.56. The molecule has 2 aromatic rings. The number of hydrogen-bond acceptors (Lipinski definition) is 3. The van der Waals surface area contributed by atoms with Crippen LogP contribution < -0.4 is 4.90 Å². The second-order valence-electron chi connectivity index (χ2n) is 4.72. The molecule has 0 spiro atoms. The fraction of sp³-hybridized carbons (Fsp3) is 0.214. The molecular formula is C14H12FN3O2. The molecule has 0 fully saturated rings. The van der Waals surface area contributed by atoms with E-state index in [-0.39, 0.29) is 5.56 Å². The summed E-state index contributed by atoms with van der Waals surface area (Å²) in [5, 5.41) is 4.04. The van der Waals surface area contributed by atoms with Crippen LogP contribution in [0, 0.1) is 5.82 Å². The van der Waals surface area contributed by atoms with Gasteiger partial charge in [-0.2, -0.15) is 5.10 Å². The number of rotatable bonds is 3. The average Bonchev–Trinajstić information content (AvgIpc) is 2.92. The van der Waals surface area contributed by atoms with E-state index in [2.05, 4.69) is 5.10 Å². The van der Waals surface area contributed by atoms with Gasteiger partial charge in [-0.3, -0.25) is 14.3 Å². The Labute approximate surface area is 114 Å². The fourth-order valence-corrected chi connectivity index (χ4v) is 2.33. The monoisotopic (exact) mass is 273 g/mol. The number of halogens is 1. The Hall–Kier alpha value is -2.50. The third kappa shape index (κ3) is 1.99. The normalized spacial score (nSPS) is 14.0. The fourth-order valence-electron chi connectivity index (χ4n) is 2.33. The van der Waals surface area contributed by atoms with Crippen molar-refractivity contribution in [2.75, 3.05) is 11.4 Å². The van der Waals surface area contributed by atoms with E-state index in [9.17, 15) is 14.0 Å². The van der Waals surface area contributed by atoms with Crippen LogP contribution in [0.1, 0.15) is 15.9 Å². The number of aromatic nitrogens is 2. The lowest BCUT2D eigenvalue weighted by Crippen LogP contribution is -2.31. The van der Waals surface area contributed by atoms with E-state index in [1.54, 1.807) is 17.9 Å². The van der Waals surface area contributed by atoms with Gasteiger partial charge in [-0.05, 0) is 30.2 Å². The van der Waals surface area contributed by atoms with Crippen molar-refractivity contribution in [1.82, 2.24) is 9.78 Å². The van der Waals surface area contributed by atoms with Gasteiger partial charge in [0.2, 0.25) is 0 Å². The number of hydrogen-bond donors (Lipinski definition) is 0. The van der Waals surface area contributed by atoms with Gasteiger partial charge >= 0.3 is 0 Å². The lowest BCUT2D eigenvalue weighted by Gasteiger charge is -2.15. The molecule has 0 N–H and O–H groups in total. The number of amides is 1. The molecule has 2 heterocycles. The van der Waals surface area contributed by atoms with Crippen molar-refractivity contribution in [2.24, 2.45) is 7.05 Å². The summed E-state index contributed by atoms with van der Waals surface area (Å²) in [4.78, 5) is 25.1. The molecule has 0 atom stereocenters. The van der Waals surface area contributed by atoms with E-state index in [1.807, 2.05) is 6.20 Å². The number of aryl methyl sites for hydroxylation is 1. The van der Waals surface area contributed by atoms with E-state index >= 15 is 0 Å². The summed E-state index contributed by atoms with van der Waals surface area (Å²) >= 11 is 0. The minimum atomic E-state index is -0.602. The van der Waals surface area contributed by atoms with Gasteiger partial charge in [-0.25, -0.2) is 4.39 Å². The van der Waals surface area contributed by atoms with E-state index in [4.69, 9.17) is 0 Å². The maximum Gasteiger partial charge on any atom is 0.299 e. The van der Waals surface area contributed by atoms with Gasteiger partial charge in [0, 0.05) is 19.8 Å². The van der Waals surface area contributed by atoms with Crippen LogP contribution in [-0.2, 0) is 18.3 Å². The zero-order valence-electron chi connectivity index (χ0n) is 10.8. The molecule has 0 saturated heterocycles. The van der Waals surface area contributed by atoms with Gasteiger partial charge in [0.25, 0.3) is 11.7 Å². The summed E-state index contributed by atoms with van der Waals surface area (Å²) in [7, 11) is 1.80. The van der Waals surface area contributed by atoms with Crippen LogP contribution in [0.4, 0.5) is 10.1 Å². The maximum atomic E-state index is 13.3. The number of nitrogens with zero attached hydrogens (tertiary/aromatic N) is 3. The van der Waals surface area contributed by atoms with Crippen LogP contribution >= 0.6 is 0 Å². The number of carbonyl (C=O) groups excluding carboxylic acids is 2. The highest BCUT2D eigenvalue weighted by atomic mass is 19.1. The van der Waals surface area contributed by atoms with Crippen LogP contribution in [0.2, 0.25) is 0 Å². The summed E-state index contributed by atoms with van der Waals surface area (Å²) in [6.45, 7) is 0.326. The molecule has 0 bridgehead atoms. The third-order valence-electron chi connectivity index (χ3n) is 3.32. The Balaban J connectivity index is 1.85. The van der Waals surface area contributed by atoms with Crippen LogP contribution in [0.25, 0.3) is 0 Å². The molecule has 1 aliphatic rings. The van der Waals surface area contributed by atoms with Crippen molar-refractivity contribution >= 4 is 17.4 Å². The number of anilines is 1. The second-order valence-corrected chi connectivity index (χ2v) is 4.72. The number of ketones is 1. The van der Waals surface area contributed by atoms with Crippen LogP contribution in [-0.4, -0.2) is 28.0 Å². The SMILES string of the molecule is Cn1cc(CCN2C(=O)C(=O)c3ccc(F)cc32)cn1. The van der Waals surface area contributed by atoms with E-state index in [0.29, 0.717) is 18.7 Å². The summed E-state index contributed by atoms with van der Waals surface area (Å²) in [6.07, 6.45) is 4.10. The highest BCUT2D eigenvalue weighted by Crippen LogP contribution is 2.29. The smallest absolute Gasteiger partial charge is 0.299 e. The molecule has 0 radical (unpaired) electrons. The molecule has 0 aliphatic carbocycles. The van der Waals surface area contributed by atoms with Crippen LogP contribution in [0.15, 0.2) is 30.6 Å². The van der Waals surface area contributed by atoms with Crippen LogP contribution in [0.5, 0.6) is 0 Å². The number of benzene rings is 1. The third-order valence-corrected chi connectivity index (χ3v) is 3.32. The number of carbonyl (C=O) groups is 2. The van der Waals surface area contributed by atoms with Crippen molar-refractivity contribution < 1.29 is 14.0 Å². The molecule has 20 heavy (non-hydrogen) atoms. The van der Waals surface area contributed by atoms with Crippen molar-refractivity contribution in [3.05, 3.63) is 47.5 Å². The summed E-state index contributed by atoms with van der Waals surface area (Å²) in [5.41, 5.74) is 1.57. The highest BCUT2D eigenvalue weighted by Gasteiger charge is 2.35. The standard InChI is InChI=1S/C14H12FN3O2/c1-17-8-9(7-16-17)4-5-18-12-6-10(15)2-3-11(12)13(19)14(18)20/h2-3,6-8H,4-5H2,1H3. The first-order valence-electron chi connectivity index (χ1n) is 6.19. The predicted molar refractivity (Wildman–Crippen MR) is 70.0 cm³/mol. The van der Waals surface area contributed by atoms with E-state index in [0.717, 1.165) is 5.56 Å². The Kier molecular flexibility index (Phi) is 2.85. The lowest BCUT2D eigenvalue weighted by molar-refractivity contribution is -0.114.